The number of aromatic nitrogens is 4. The van der Waals surface area contributed by atoms with E-state index in [1.54, 1.807) is 10.9 Å². The van der Waals surface area contributed by atoms with E-state index in [4.69, 9.17) is 5.10 Å². The predicted octanol–water partition coefficient (Wildman–Crippen LogP) is 5.83. The zero-order valence-corrected chi connectivity index (χ0v) is 18.1. The topological polar surface area (TPSA) is 60.7 Å². The first-order valence-corrected chi connectivity index (χ1v) is 10.9. The summed E-state index contributed by atoms with van der Waals surface area (Å²) in [6, 6.07) is 26.1. The SMILES string of the molecule is CC1=C(c2ccc3ncncc3c2)C(=O)n2nc(-c3ccccc3)c(-c3ccccc3)c2C1. The van der Waals surface area contributed by atoms with Crippen molar-refractivity contribution in [3.8, 4) is 22.4 Å². The monoisotopic (exact) mass is 428 g/mol. The quantitative estimate of drug-likeness (QED) is 0.363. The molecule has 0 unspecified atom stereocenters. The van der Waals surface area contributed by atoms with Crippen LogP contribution in [0.25, 0.3) is 38.9 Å². The van der Waals surface area contributed by atoms with Crippen LogP contribution in [0.3, 0.4) is 0 Å². The molecule has 0 bridgehead atoms. The van der Waals surface area contributed by atoms with Crippen molar-refractivity contribution in [3.63, 3.8) is 0 Å². The maximum Gasteiger partial charge on any atom is 0.279 e. The molecule has 0 fully saturated rings. The van der Waals surface area contributed by atoms with E-state index in [0.29, 0.717) is 12.0 Å². The Morgan fingerprint density at radius 2 is 1.58 bits per heavy atom. The second kappa shape index (κ2) is 7.64. The fourth-order valence-electron chi connectivity index (χ4n) is 4.63. The molecule has 0 aliphatic carbocycles. The van der Waals surface area contributed by atoms with E-state index < -0.39 is 0 Å². The summed E-state index contributed by atoms with van der Waals surface area (Å²) in [6.07, 6.45) is 3.95. The molecule has 33 heavy (non-hydrogen) atoms. The summed E-state index contributed by atoms with van der Waals surface area (Å²) >= 11 is 0. The Balaban J connectivity index is 1.54. The Morgan fingerprint density at radius 1 is 0.848 bits per heavy atom. The molecule has 0 radical (unpaired) electrons. The van der Waals surface area contributed by atoms with Gasteiger partial charge >= 0.3 is 0 Å². The number of carbonyl (C=O) groups excluding carboxylic acids is 1. The van der Waals surface area contributed by atoms with Gasteiger partial charge in [-0.05, 0) is 30.2 Å². The zero-order valence-electron chi connectivity index (χ0n) is 18.1. The summed E-state index contributed by atoms with van der Waals surface area (Å²) in [5.74, 6) is -0.107. The number of allylic oxidation sites excluding steroid dienone is 2. The van der Waals surface area contributed by atoms with E-state index in [-0.39, 0.29) is 5.91 Å². The minimum Gasteiger partial charge on any atom is -0.267 e. The number of hydrogen-bond acceptors (Lipinski definition) is 4. The molecule has 0 atom stereocenters. The molecular weight excluding hydrogens is 408 g/mol. The highest BCUT2D eigenvalue weighted by molar-refractivity contribution is 6.23. The van der Waals surface area contributed by atoms with Gasteiger partial charge in [0.1, 0.15) is 12.0 Å². The van der Waals surface area contributed by atoms with Crippen LogP contribution in [-0.4, -0.2) is 25.7 Å². The van der Waals surface area contributed by atoms with Gasteiger partial charge in [-0.2, -0.15) is 9.78 Å². The van der Waals surface area contributed by atoms with Crippen molar-refractivity contribution in [1.29, 1.82) is 0 Å². The molecule has 1 aliphatic rings. The van der Waals surface area contributed by atoms with Gasteiger partial charge in [0.05, 0.1) is 11.2 Å². The summed E-state index contributed by atoms with van der Waals surface area (Å²) in [5.41, 5.74) is 8.26. The Kier molecular flexibility index (Phi) is 4.47. The molecule has 3 heterocycles. The number of nitrogens with zero attached hydrogens (tertiary/aromatic N) is 4. The Bertz CT molecular complexity index is 1550. The van der Waals surface area contributed by atoms with Crippen LogP contribution < -0.4 is 0 Å². The number of carbonyl (C=O) groups is 1. The molecule has 6 rings (SSSR count). The van der Waals surface area contributed by atoms with Gasteiger partial charge < -0.3 is 0 Å². The minimum atomic E-state index is -0.107. The summed E-state index contributed by atoms with van der Waals surface area (Å²) in [5, 5.41) is 5.77. The molecular formula is C28H20N4O. The van der Waals surface area contributed by atoms with Crippen molar-refractivity contribution in [1.82, 2.24) is 19.7 Å². The summed E-state index contributed by atoms with van der Waals surface area (Å²) in [4.78, 5) is 22.2. The molecule has 5 aromatic rings. The fraction of sp³-hybridized carbons (Fsp3) is 0.0714. The molecule has 5 heteroatoms. The van der Waals surface area contributed by atoms with Crippen LogP contribution in [-0.2, 0) is 6.42 Å². The van der Waals surface area contributed by atoms with Gasteiger partial charge in [-0.25, -0.2) is 9.97 Å². The van der Waals surface area contributed by atoms with Crippen LogP contribution in [0.15, 0.2) is 97.0 Å². The van der Waals surface area contributed by atoms with Crippen molar-refractivity contribution in [2.75, 3.05) is 0 Å². The van der Waals surface area contributed by atoms with Crippen LogP contribution in [0.1, 0.15) is 23.0 Å². The lowest BCUT2D eigenvalue weighted by atomic mass is 9.90. The number of rotatable bonds is 3. The highest BCUT2D eigenvalue weighted by Gasteiger charge is 2.31. The Morgan fingerprint density at radius 3 is 2.33 bits per heavy atom. The average Bonchev–Trinajstić information content (AvgIpc) is 3.24. The Hall–Kier alpha value is -4.38. The zero-order chi connectivity index (χ0) is 22.4. The lowest BCUT2D eigenvalue weighted by Crippen LogP contribution is -2.23. The van der Waals surface area contributed by atoms with E-state index in [1.165, 1.54) is 6.33 Å². The third-order valence-electron chi connectivity index (χ3n) is 6.15. The number of benzene rings is 3. The van der Waals surface area contributed by atoms with Gasteiger partial charge in [-0.3, -0.25) is 4.79 Å². The van der Waals surface area contributed by atoms with E-state index in [1.807, 2.05) is 73.7 Å². The normalized spacial score (nSPS) is 13.4. The van der Waals surface area contributed by atoms with E-state index in [0.717, 1.165) is 50.1 Å². The molecule has 0 saturated carbocycles. The molecule has 0 spiro atoms. The lowest BCUT2D eigenvalue weighted by molar-refractivity contribution is 0.0958. The maximum atomic E-state index is 13.8. The van der Waals surface area contributed by atoms with Crippen molar-refractivity contribution in [3.05, 3.63) is 108 Å². The Labute approximate surface area is 191 Å². The third kappa shape index (κ3) is 3.17. The molecule has 1 aliphatic heterocycles. The average molecular weight is 428 g/mol. The molecule has 0 N–H and O–H groups in total. The first-order chi connectivity index (χ1) is 16.2. The molecule has 5 nitrogen and oxygen atoms in total. The smallest absolute Gasteiger partial charge is 0.267 e. The van der Waals surface area contributed by atoms with Gasteiger partial charge in [0, 0.05) is 34.7 Å². The molecule has 3 aromatic carbocycles. The van der Waals surface area contributed by atoms with Gasteiger partial charge in [0.2, 0.25) is 0 Å². The van der Waals surface area contributed by atoms with E-state index >= 15 is 0 Å². The van der Waals surface area contributed by atoms with Gasteiger partial charge in [-0.15, -0.1) is 0 Å². The number of fused-ring (bicyclic) bond motifs is 2. The largest absolute Gasteiger partial charge is 0.279 e. The summed E-state index contributed by atoms with van der Waals surface area (Å²) in [6.45, 7) is 2.03. The second-order valence-corrected chi connectivity index (χ2v) is 8.25. The van der Waals surface area contributed by atoms with E-state index in [2.05, 4.69) is 22.1 Å². The maximum absolute atomic E-state index is 13.8. The van der Waals surface area contributed by atoms with Gasteiger partial charge in [0.25, 0.3) is 5.91 Å². The van der Waals surface area contributed by atoms with Crippen molar-refractivity contribution in [2.45, 2.75) is 13.3 Å². The predicted molar refractivity (Wildman–Crippen MR) is 130 cm³/mol. The van der Waals surface area contributed by atoms with Gasteiger partial charge in [-0.1, -0.05) is 72.3 Å². The summed E-state index contributed by atoms with van der Waals surface area (Å²) < 4.78 is 1.60. The minimum absolute atomic E-state index is 0.107. The first-order valence-electron chi connectivity index (χ1n) is 10.9. The standard InChI is InChI=1S/C28H20N4O/c1-18-14-24-26(19-8-4-2-5-9-19)27(20-10-6-3-7-11-20)31-32(24)28(33)25(18)21-12-13-23-22(15-21)16-29-17-30-23/h2-13,15-17H,14H2,1H3. The molecule has 0 amide bonds. The summed E-state index contributed by atoms with van der Waals surface area (Å²) in [7, 11) is 0. The van der Waals surface area contributed by atoms with Crippen LogP contribution in [0, 0.1) is 0 Å². The van der Waals surface area contributed by atoms with Crippen LogP contribution in [0.4, 0.5) is 0 Å². The van der Waals surface area contributed by atoms with Crippen molar-refractivity contribution in [2.24, 2.45) is 0 Å². The van der Waals surface area contributed by atoms with Crippen LogP contribution in [0.5, 0.6) is 0 Å². The number of hydrogen-bond donors (Lipinski definition) is 0. The highest BCUT2D eigenvalue weighted by atomic mass is 16.2. The van der Waals surface area contributed by atoms with Crippen LogP contribution in [0.2, 0.25) is 0 Å². The lowest BCUT2D eigenvalue weighted by Gasteiger charge is -2.20. The molecule has 158 valence electrons. The van der Waals surface area contributed by atoms with Gasteiger partial charge in [0.15, 0.2) is 0 Å². The van der Waals surface area contributed by atoms with E-state index in [9.17, 15) is 4.79 Å². The second-order valence-electron chi connectivity index (χ2n) is 8.25. The van der Waals surface area contributed by atoms with Crippen molar-refractivity contribution < 1.29 is 4.79 Å². The highest BCUT2D eigenvalue weighted by Crippen LogP contribution is 2.39. The molecule has 0 saturated heterocycles. The third-order valence-corrected chi connectivity index (χ3v) is 6.15. The first kappa shape index (κ1) is 19.3. The molecule has 2 aromatic heterocycles. The van der Waals surface area contributed by atoms with Crippen LogP contribution >= 0.6 is 0 Å². The van der Waals surface area contributed by atoms with Crippen molar-refractivity contribution >= 4 is 22.4 Å². The fourth-order valence-corrected chi connectivity index (χ4v) is 4.63.